The number of rotatable bonds is 8. The second kappa shape index (κ2) is 8.49. The summed E-state index contributed by atoms with van der Waals surface area (Å²) >= 11 is 0. The summed E-state index contributed by atoms with van der Waals surface area (Å²) in [4.78, 5) is 20.7. The maximum atomic E-state index is 11.5. The summed E-state index contributed by atoms with van der Waals surface area (Å²) in [6, 6.07) is 6.62. The highest BCUT2D eigenvalue weighted by Gasteiger charge is 2.09. The van der Waals surface area contributed by atoms with Crippen molar-refractivity contribution in [2.75, 3.05) is 20.3 Å². The topological polar surface area (TPSA) is 54.0 Å². The predicted octanol–water partition coefficient (Wildman–Crippen LogP) is 2.37. The summed E-state index contributed by atoms with van der Waals surface area (Å²) in [6.07, 6.45) is 0.928. The molecule has 18 heavy (non-hydrogen) atoms. The summed E-state index contributed by atoms with van der Waals surface area (Å²) in [5.74, 6) is 0.000324. The first-order chi connectivity index (χ1) is 8.77. The second-order valence-corrected chi connectivity index (χ2v) is 3.44. The van der Waals surface area contributed by atoms with Crippen LogP contribution in [0.2, 0.25) is 0 Å². The number of ether oxygens (including phenoxy) is 2. The van der Waals surface area contributed by atoms with E-state index in [1.54, 1.807) is 24.3 Å². The highest BCUT2D eigenvalue weighted by atomic mass is 17.2. The fourth-order valence-electron chi connectivity index (χ4n) is 1.18. The van der Waals surface area contributed by atoms with Crippen LogP contribution in [-0.2, 0) is 14.5 Å². The summed E-state index contributed by atoms with van der Waals surface area (Å²) in [5, 5.41) is 0. The van der Waals surface area contributed by atoms with Crippen molar-refractivity contribution in [1.82, 2.24) is 0 Å². The molecule has 0 aliphatic rings. The Labute approximate surface area is 107 Å². The van der Waals surface area contributed by atoms with Crippen molar-refractivity contribution in [1.29, 1.82) is 0 Å². The Bertz CT molecular complexity index is 364. The van der Waals surface area contributed by atoms with Gasteiger partial charge < -0.3 is 9.47 Å². The molecule has 0 amide bonds. The first-order valence-corrected chi connectivity index (χ1v) is 5.69. The van der Waals surface area contributed by atoms with Gasteiger partial charge >= 0.3 is 5.97 Å². The molecule has 0 atom stereocenters. The largest absolute Gasteiger partial charge is 0.497 e. The Morgan fingerprint density at radius 1 is 1.39 bits per heavy atom. The van der Waals surface area contributed by atoms with Crippen molar-refractivity contribution in [2.24, 2.45) is 0 Å². The van der Waals surface area contributed by atoms with E-state index in [-0.39, 0.29) is 6.61 Å². The van der Waals surface area contributed by atoms with Crippen LogP contribution in [-0.4, -0.2) is 26.3 Å². The first kappa shape index (κ1) is 14.5. The van der Waals surface area contributed by atoms with Crippen LogP contribution in [0.3, 0.4) is 0 Å². The lowest BCUT2D eigenvalue weighted by atomic mass is 10.2. The molecule has 1 aromatic carbocycles. The van der Waals surface area contributed by atoms with Gasteiger partial charge in [0.1, 0.15) is 5.75 Å². The van der Waals surface area contributed by atoms with E-state index >= 15 is 0 Å². The van der Waals surface area contributed by atoms with Crippen LogP contribution in [0.25, 0.3) is 0 Å². The van der Waals surface area contributed by atoms with Gasteiger partial charge in [0.15, 0.2) is 6.61 Å². The average molecular weight is 253 g/mol. The molecule has 0 fully saturated rings. The molecule has 0 aliphatic heterocycles. The number of carbonyl (C=O) groups is 1. The van der Waals surface area contributed by atoms with Crippen LogP contribution in [0, 0.1) is 6.61 Å². The van der Waals surface area contributed by atoms with Crippen molar-refractivity contribution in [3.63, 3.8) is 0 Å². The summed E-state index contributed by atoms with van der Waals surface area (Å²) in [7, 11) is 1.53. The lowest BCUT2D eigenvalue weighted by molar-refractivity contribution is -0.218. The maximum Gasteiger partial charge on any atom is 0.373 e. The molecular weight excluding hydrogens is 236 g/mol. The molecule has 0 bridgehead atoms. The lowest BCUT2D eigenvalue weighted by Gasteiger charge is -2.05. The minimum absolute atomic E-state index is 0.277. The van der Waals surface area contributed by atoms with E-state index in [9.17, 15) is 4.79 Å². The molecule has 5 heteroatoms. The van der Waals surface area contributed by atoms with Crippen molar-refractivity contribution < 1.29 is 24.0 Å². The van der Waals surface area contributed by atoms with Crippen LogP contribution >= 0.6 is 0 Å². The number of hydrogen-bond acceptors (Lipinski definition) is 5. The quantitative estimate of drug-likeness (QED) is 0.404. The van der Waals surface area contributed by atoms with E-state index in [1.807, 2.05) is 6.92 Å². The van der Waals surface area contributed by atoms with Gasteiger partial charge in [-0.1, -0.05) is 13.0 Å². The Kier molecular flexibility index (Phi) is 6.83. The summed E-state index contributed by atoms with van der Waals surface area (Å²) < 4.78 is 10.1. The number of hydrogen-bond donors (Lipinski definition) is 0. The van der Waals surface area contributed by atoms with Gasteiger partial charge in [-0.2, -0.15) is 4.89 Å². The molecule has 1 aromatic rings. The van der Waals surface area contributed by atoms with Crippen LogP contribution < -0.4 is 4.74 Å². The number of benzene rings is 1. The number of carbonyl (C=O) groups excluding carboxylic acids is 1. The minimum Gasteiger partial charge on any atom is -0.497 e. The highest BCUT2D eigenvalue weighted by Crippen LogP contribution is 2.13. The van der Waals surface area contributed by atoms with Crippen molar-refractivity contribution in [3.05, 3.63) is 36.4 Å². The van der Waals surface area contributed by atoms with E-state index in [2.05, 4.69) is 9.78 Å². The fraction of sp³-hybridized carbons (Fsp3) is 0.385. The van der Waals surface area contributed by atoms with Crippen molar-refractivity contribution in [2.45, 2.75) is 13.3 Å². The minimum atomic E-state index is -0.583. The number of methoxy groups -OCH3 is 1. The molecule has 0 saturated heterocycles. The van der Waals surface area contributed by atoms with Crippen LogP contribution in [0.15, 0.2) is 24.3 Å². The van der Waals surface area contributed by atoms with Crippen LogP contribution in [0.5, 0.6) is 5.75 Å². The van der Waals surface area contributed by atoms with Gasteiger partial charge in [-0.15, -0.1) is 0 Å². The lowest BCUT2D eigenvalue weighted by Crippen LogP contribution is -2.07. The molecule has 99 valence electrons. The van der Waals surface area contributed by atoms with E-state index in [0.717, 1.165) is 6.42 Å². The van der Waals surface area contributed by atoms with E-state index in [1.165, 1.54) is 13.7 Å². The van der Waals surface area contributed by atoms with Gasteiger partial charge in [0, 0.05) is 6.61 Å². The molecule has 1 radical (unpaired) electrons. The molecule has 0 saturated carbocycles. The highest BCUT2D eigenvalue weighted by molar-refractivity contribution is 5.89. The van der Waals surface area contributed by atoms with Gasteiger partial charge in [-0.25, -0.2) is 4.79 Å². The van der Waals surface area contributed by atoms with Crippen molar-refractivity contribution >= 4 is 5.97 Å². The van der Waals surface area contributed by atoms with Crippen LogP contribution in [0.1, 0.15) is 23.7 Å². The molecule has 5 nitrogen and oxygen atoms in total. The zero-order valence-corrected chi connectivity index (χ0v) is 10.5. The maximum absolute atomic E-state index is 11.5. The third-order valence-corrected chi connectivity index (χ3v) is 2.03. The standard InChI is InChI=1S/C13H17O5/c1-3-7-16-8-9-17-18-13(14)11-5-4-6-12(10-11)15-2/h4-6,9-10H,3,7-8H2,1-2H3. The molecule has 0 heterocycles. The van der Waals surface area contributed by atoms with E-state index < -0.39 is 5.97 Å². The van der Waals surface area contributed by atoms with E-state index in [0.29, 0.717) is 17.9 Å². The Morgan fingerprint density at radius 2 is 2.22 bits per heavy atom. The first-order valence-electron chi connectivity index (χ1n) is 5.69. The third kappa shape index (κ3) is 5.16. The molecule has 0 aromatic heterocycles. The normalized spacial score (nSPS) is 10.1. The van der Waals surface area contributed by atoms with Gasteiger partial charge in [-0.3, -0.25) is 4.89 Å². The molecule has 0 unspecified atom stereocenters. The van der Waals surface area contributed by atoms with Crippen molar-refractivity contribution in [3.8, 4) is 5.75 Å². The van der Waals surface area contributed by atoms with Gasteiger partial charge in [0.05, 0.1) is 19.3 Å². The molecule has 0 spiro atoms. The molecule has 1 rings (SSSR count). The van der Waals surface area contributed by atoms with E-state index in [4.69, 9.17) is 9.47 Å². The van der Waals surface area contributed by atoms with Crippen LogP contribution in [0.4, 0.5) is 0 Å². The Balaban J connectivity index is 2.27. The second-order valence-electron chi connectivity index (χ2n) is 3.44. The predicted molar refractivity (Wildman–Crippen MR) is 64.9 cm³/mol. The van der Waals surface area contributed by atoms with Gasteiger partial charge in [0.25, 0.3) is 0 Å². The van der Waals surface area contributed by atoms with Gasteiger partial charge in [-0.05, 0) is 24.6 Å². The summed E-state index contributed by atoms with van der Waals surface area (Å²) in [6.45, 7) is 4.21. The fourth-order valence-corrected chi connectivity index (χ4v) is 1.18. The zero-order chi connectivity index (χ0) is 13.2. The Morgan fingerprint density at radius 3 is 2.94 bits per heavy atom. The van der Waals surface area contributed by atoms with Gasteiger partial charge in [0.2, 0.25) is 0 Å². The Hall–Kier alpha value is -1.59. The molecule has 0 aliphatic carbocycles. The SMILES string of the molecule is CCCOC[CH]OOC(=O)c1cccc(OC)c1. The third-order valence-electron chi connectivity index (χ3n) is 2.03. The summed E-state index contributed by atoms with van der Waals surface area (Å²) in [5.41, 5.74) is 0.359. The smallest absolute Gasteiger partial charge is 0.373 e. The average Bonchev–Trinajstić information content (AvgIpc) is 2.42. The zero-order valence-electron chi connectivity index (χ0n) is 10.5. The molecule has 0 N–H and O–H groups in total. The monoisotopic (exact) mass is 253 g/mol. The molecular formula is C13H17O5.